The van der Waals surface area contributed by atoms with E-state index in [0.717, 1.165) is 45.3 Å². The topological polar surface area (TPSA) is 38.3 Å². The number of hydrogen-bond acceptors (Lipinski definition) is 2. The maximum atomic E-state index is 11.5. The Bertz CT molecular complexity index is 205. The van der Waals surface area contributed by atoms with Crippen molar-refractivity contribution in [3.63, 3.8) is 0 Å². The van der Waals surface area contributed by atoms with Gasteiger partial charge in [0.25, 0.3) is 0 Å². The van der Waals surface area contributed by atoms with Gasteiger partial charge in [0.1, 0.15) is 0 Å². The third kappa shape index (κ3) is 5.85. The first-order chi connectivity index (χ1) is 7.72. The zero-order valence-electron chi connectivity index (χ0n) is 10.0. The van der Waals surface area contributed by atoms with Crippen molar-refractivity contribution in [2.75, 3.05) is 13.2 Å². The van der Waals surface area contributed by atoms with Crippen LogP contribution in [0, 0.1) is 0 Å². The molecule has 0 saturated carbocycles. The predicted octanol–water partition coefficient (Wildman–Crippen LogP) is 2.63. The Morgan fingerprint density at radius 2 is 2.44 bits per heavy atom. The van der Waals surface area contributed by atoms with Crippen molar-refractivity contribution in [3.8, 4) is 0 Å². The summed E-state index contributed by atoms with van der Waals surface area (Å²) in [7, 11) is 0. The fourth-order valence-electron chi connectivity index (χ4n) is 1.89. The van der Waals surface area contributed by atoms with Gasteiger partial charge in [-0.15, -0.1) is 0 Å². The number of carbonyl (C=O) groups is 1. The van der Waals surface area contributed by atoms with Gasteiger partial charge in [-0.1, -0.05) is 29.3 Å². The molecule has 1 aliphatic rings. The summed E-state index contributed by atoms with van der Waals surface area (Å²) < 4.78 is 5.48. The maximum absolute atomic E-state index is 11.5. The van der Waals surface area contributed by atoms with E-state index in [9.17, 15) is 4.79 Å². The van der Waals surface area contributed by atoms with Crippen LogP contribution in [0.5, 0.6) is 0 Å². The average Bonchev–Trinajstić information content (AvgIpc) is 2.77. The number of hydrogen-bond donors (Lipinski definition) is 1. The molecule has 0 aromatic rings. The Balaban J connectivity index is 2.01. The molecule has 2 unspecified atom stereocenters. The first-order valence-corrected chi connectivity index (χ1v) is 7.16. The van der Waals surface area contributed by atoms with E-state index < -0.39 is 0 Å². The molecule has 4 heteroatoms. The van der Waals surface area contributed by atoms with Crippen LogP contribution >= 0.6 is 15.9 Å². The van der Waals surface area contributed by atoms with E-state index in [1.807, 2.05) is 0 Å². The zero-order chi connectivity index (χ0) is 11.8. The number of carbonyl (C=O) groups excluding carboxylic acids is 1. The van der Waals surface area contributed by atoms with Gasteiger partial charge in [-0.3, -0.25) is 4.79 Å². The van der Waals surface area contributed by atoms with E-state index in [1.165, 1.54) is 0 Å². The summed E-state index contributed by atoms with van der Waals surface area (Å²) in [4.78, 5) is 11.9. The summed E-state index contributed by atoms with van der Waals surface area (Å²) in [6, 6.07) is 0. The van der Waals surface area contributed by atoms with Crippen LogP contribution in [0.15, 0.2) is 0 Å². The van der Waals surface area contributed by atoms with Crippen LogP contribution in [-0.2, 0) is 9.53 Å². The lowest BCUT2D eigenvalue weighted by atomic mass is 10.1. The molecule has 0 aromatic heterocycles. The monoisotopic (exact) mass is 291 g/mol. The molecule has 1 aliphatic heterocycles. The quantitative estimate of drug-likeness (QED) is 0.733. The van der Waals surface area contributed by atoms with Crippen LogP contribution in [0.3, 0.4) is 0 Å². The summed E-state index contributed by atoms with van der Waals surface area (Å²) in [6.07, 6.45) is 6.29. The minimum atomic E-state index is 0.149. The molecule has 1 saturated heterocycles. The number of nitrogens with one attached hydrogen (secondary N) is 1. The number of rotatable bonds is 7. The summed E-state index contributed by atoms with van der Waals surface area (Å²) in [5.41, 5.74) is 0. The first kappa shape index (κ1) is 14.0. The van der Waals surface area contributed by atoms with E-state index in [1.54, 1.807) is 0 Å². The summed E-state index contributed by atoms with van der Waals surface area (Å²) >= 11 is 3.54. The molecule has 0 aromatic carbocycles. The lowest BCUT2D eigenvalue weighted by Gasteiger charge is -2.11. The van der Waals surface area contributed by atoms with Crippen molar-refractivity contribution >= 4 is 21.8 Å². The van der Waals surface area contributed by atoms with E-state index in [4.69, 9.17) is 4.74 Å². The number of halogens is 1. The van der Waals surface area contributed by atoms with Gasteiger partial charge in [0.2, 0.25) is 5.91 Å². The smallest absolute Gasteiger partial charge is 0.220 e. The highest BCUT2D eigenvalue weighted by Crippen LogP contribution is 2.16. The van der Waals surface area contributed by atoms with Gasteiger partial charge in [0, 0.05) is 24.4 Å². The highest BCUT2D eigenvalue weighted by atomic mass is 79.9. The van der Waals surface area contributed by atoms with Crippen LogP contribution in [0.1, 0.15) is 45.4 Å². The fraction of sp³-hybridized carbons (Fsp3) is 0.917. The standard InChI is InChI=1S/C12H22BrNO2/c1-2-4-10(13)9-14-12(15)7-6-11-5-3-8-16-11/h10-11H,2-9H2,1H3,(H,14,15). The van der Waals surface area contributed by atoms with Crippen LogP contribution in [0.2, 0.25) is 0 Å². The third-order valence-electron chi connectivity index (χ3n) is 2.84. The van der Waals surface area contributed by atoms with Crippen molar-refractivity contribution in [1.29, 1.82) is 0 Å². The minimum absolute atomic E-state index is 0.149. The molecule has 0 radical (unpaired) electrons. The van der Waals surface area contributed by atoms with Gasteiger partial charge < -0.3 is 10.1 Å². The van der Waals surface area contributed by atoms with Gasteiger partial charge >= 0.3 is 0 Å². The van der Waals surface area contributed by atoms with Crippen molar-refractivity contribution < 1.29 is 9.53 Å². The normalized spacial score (nSPS) is 22.0. The van der Waals surface area contributed by atoms with E-state index in [2.05, 4.69) is 28.2 Å². The second kappa shape index (κ2) is 8.07. The Hall–Kier alpha value is -0.0900. The number of amides is 1. The molecule has 3 nitrogen and oxygen atoms in total. The van der Waals surface area contributed by atoms with E-state index >= 15 is 0 Å². The molecule has 1 fully saturated rings. The molecule has 1 heterocycles. The van der Waals surface area contributed by atoms with E-state index in [-0.39, 0.29) is 5.91 Å². The van der Waals surface area contributed by atoms with Gasteiger partial charge in [-0.2, -0.15) is 0 Å². The fourth-order valence-corrected chi connectivity index (χ4v) is 2.51. The molecule has 0 spiro atoms. The molecule has 0 bridgehead atoms. The number of ether oxygens (including phenoxy) is 1. The third-order valence-corrected chi connectivity index (χ3v) is 3.62. The molecule has 94 valence electrons. The molecular formula is C12H22BrNO2. The summed E-state index contributed by atoms with van der Waals surface area (Å²) in [5.74, 6) is 0.149. The average molecular weight is 292 g/mol. The predicted molar refractivity (Wildman–Crippen MR) is 68.8 cm³/mol. The van der Waals surface area contributed by atoms with Crippen molar-refractivity contribution in [1.82, 2.24) is 5.32 Å². The van der Waals surface area contributed by atoms with Crippen molar-refractivity contribution in [2.45, 2.75) is 56.4 Å². The lowest BCUT2D eigenvalue weighted by molar-refractivity contribution is -0.121. The second-order valence-corrected chi connectivity index (χ2v) is 5.66. The highest BCUT2D eigenvalue weighted by Gasteiger charge is 2.16. The molecular weight excluding hydrogens is 270 g/mol. The highest BCUT2D eigenvalue weighted by molar-refractivity contribution is 9.09. The van der Waals surface area contributed by atoms with Crippen LogP contribution in [0.4, 0.5) is 0 Å². The van der Waals surface area contributed by atoms with Crippen LogP contribution < -0.4 is 5.32 Å². The molecule has 0 aliphatic carbocycles. The van der Waals surface area contributed by atoms with Gasteiger partial charge in [0.05, 0.1) is 6.10 Å². The Morgan fingerprint density at radius 1 is 1.62 bits per heavy atom. The molecule has 2 atom stereocenters. The molecule has 1 rings (SSSR count). The molecule has 1 amide bonds. The Labute approximate surface area is 106 Å². The minimum Gasteiger partial charge on any atom is -0.378 e. The molecule has 16 heavy (non-hydrogen) atoms. The summed E-state index contributed by atoms with van der Waals surface area (Å²) in [5, 5.41) is 2.95. The van der Waals surface area contributed by atoms with Gasteiger partial charge in [-0.05, 0) is 25.7 Å². The Morgan fingerprint density at radius 3 is 3.06 bits per heavy atom. The van der Waals surface area contributed by atoms with Gasteiger partial charge in [0.15, 0.2) is 0 Å². The first-order valence-electron chi connectivity index (χ1n) is 6.24. The Kier molecular flexibility index (Phi) is 7.05. The molecule has 1 N–H and O–H groups in total. The largest absolute Gasteiger partial charge is 0.378 e. The van der Waals surface area contributed by atoms with E-state index in [0.29, 0.717) is 17.4 Å². The maximum Gasteiger partial charge on any atom is 0.220 e. The second-order valence-electron chi connectivity index (χ2n) is 4.36. The summed E-state index contributed by atoms with van der Waals surface area (Å²) in [6.45, 7) is 3.75. The lowest BCUT2D eigenvalue weighted by Crippen LogP contribution is -2.30. The van der Waals surface area contributed by atoms with Crippen molar-refractivity contribution in [2.24, 2.45) is 0 Å². The SMILES string of the molecule is CCCC(Br)CNC(=O)CCC1CCCO1. The zero-order valence-corrected chi connectivity index (χ0v) is 11.6. The van der Waals surface area contributed by atoms with Crippen LogP contribution in [0.25, 0.3) is 0 Å². The van der Waals surface area contributed by atoms with Crippen molar-refractivity contribution in [3.05, 3.63) is 0 Å². The van der Waals surface area contributed by atoms with Crippen LogP contribution in [-0.4, -0.2) is 30.0 Å². The number of alkyl halides is 1. The van der Waals surface area contributed by atoms with Gasteiger partial charge in [-0.25, -0.2) is 0 Å².